The van der Waals surface area contributed by atoms with Crippen molar-refractivity contribution in [2.45, 2.75) is 45.3 Å². The minimum absolute atomic E-state index is 0.504. The molecule has 1 fully saturated rings. The second-order valence-corrected chi connectivity index (χ2v) is 7.18. The molecule has 1 saturated carbocycles. The highest BCUT2D eigenvalue weighted by Gasteiger charge is 2.20. The lowest BCUT2D eigenvalue weighted by molar-refractivity contribution is 0.134. The maximum Gasteiger partial charge on any atom is 0.102 e. The van der Waals surface area contributed by atoms with Crippen LogP contribution in [-0.2, 0) is 11.3 Å². The van der Waals surface area contributed by atoms with Gasteiger partial charge in [0.1, 0.15) is 6.07 Å². The van der Waals surface area contributed by atoms with Gasteiger partial charge in [-0.05, 0) is 43.0 Å². The number of H-pyrrole nitrogens is 1. The van der Waals surface area contributed by atoms with E-state index in [0.29, 0.717) is 24.8 Å². The molecule has 4 nitrogen and oxygen atoms in total. The Bertz CT molecular complexity index is 963. The first kappa shape index (κ1) is 17.6. The average molecular weight is 359 g/mol. The molecule has 0 saturated heterocycles. The molecule has 138 valence electrons. The summed E-state index contributed by atoms with van der Waals surface area (Å²) in [5, 5.41) is 14.6. The van der Waals surface area contributed by atoms with Crippen molar-refractivity contribution < 1.29 is 4.74 Å². The third-order valence-electron chi connectivity index (χ3n) is 5.33. The highest BCUT2D eigenvalue weighted by atomic mass is 16.5. The second kappa shape index (κ2) is 7.85. The van der Waals surface area contributed by atoms with Crippen LogP contribution >= 0.6 is 0 Å². The molecule has 4 rings (SSSR count). The molecule has 0 amide bonds. The fraction of sp³-hybridized carbons (Fsp3) is 0.348. The Morgan fingerprint density at radius 3 is 2.67 bits per heavy atom. The van der Waals surface area contributed by atoms with Crippen molar-refractivity contribution in [1.29, 1.82) is 5.26 Å². The lowest BCUT2D eigenvalue weighted by Gasteiger charge is -2.16. The lowest BCUT2D eigenvalue weighted by atomic mass is 10.0. The zero-order chi connectivity index (χ0) is 18.6. The van der Waals surface area contributed by atoms with Gasteiger partial charge in [0.2, 0.25) is 0 Å². The largest absolute Gasteiger partial charge is 0.381 e. The molecular formula is C23H25N3O. The van der Waals surface area contributed by atoms with Gasteiger partial charge in [0.25, 0.3) is 0 Å². The van der Waals surface area contributed by atoms with Crippen molar-refractivity contribution in [3.63, 3.8) is 0 Å². The quantitative estimate of drug-likeness (QED) is 0.602. The topological polar surface area (TPSA) is 60.8 Å². The number of nitriles is 1. The van der Waals surface area contributed by atoms with Crippen molar-refractivity contribution in [2.75, 3.05) is 11.9 Å². The van der Waals surface area contributed by atoms with Gasteiger partial charge in [0.05, 0.1) is 29.1 Å². The van der Waals surface area contributed by atoms with Crippen LogP contribution in [0.4, 0.5) is 5.69 Å². The number of aromatic nitrogens is 1. The summed E-state index contributed by atoms with van der Waals surface area (Å²) < 4.78 is 5.64. The number of aromatic amines is 1. The van der Waals surface area contributed by atoms with Gasteiger partial charge in [0, 0.05) is 18.0 Å². The van der Waals surface area contributed by atoms with Crippen LogP contribution in [0, 0.1) is 11.3 Å². The van der Waals surface area contributed by atoms with Crippen LogP contribution in [0.15, 0.2) is 42.5 Å². The fourth-order valence-corrected chi connectivity index (χ4v) is 4.00. The molecule has 0 atom stereocenters. The number of fused-ring (bicyclic) bond motifs is 1. The summed E-state index contributed by atoms with van der Waals surface area (Å²) in [7, 11) is 0. The number of benzene rings is 2. The molecule has 1 aromatic heterocycles. The minimum atomic E-state index is 0.504. The molecular weight excluding hydrogens is 334 g/mol. The van der Waals surface area contributed by atoms with Crippen molar-refractivity contribution in [2.24, 2.45) is 0 Å². The highest BCUT2D eigenvalue weighted by molar-refractivity contribution is 6.00. The third-order valence-corrected chi connectivity index (χ3v) is 5.33. The lowest BCUT2D eigenvalue weighted by Crippen LogP contribution is -2.15. The Hall–Kier alpha value is -2.77. The molecule has 0 spiro atoms. The van der Waals surface area contributed by atoms with Crippen LogP contribution < -0.4 is 5.32 Å². The van der Waals surface area contributed by atoms with Gasteiger partial charge in [-0.2, -0.15) is 5.26 Å². The number of anilines is 1. The maximum absolute atomic E-state index is 9.89. The van der Waals surface area contributed by atoms with Crippen LogP contribution in [-0.4, -0.2) is 17.6 Å². The Labute approximate surface area is 160 Å². The zero-order valence-corrected chi connectivity index (χ0v) is 15.7. The summed E-state index contributed by atoms with van der Waals surface area (Å²) in [5.41, 5.74) is 5.80. The molecule has 27 heavy (non-hydrogen) atoms. The molecule has 0 bridgehead atoms. The van der Waals surface area contributed by atoms with Gasteiger partial charge in [-0.3, -0.25) is 0 Å². The number of hydrogen-bond acceptors (Lipinski definition) is 3. The molecule has 0 aliphatic heterocycles. The van der Waals surface area contributed by atoms with E-state index < -0.39 is 0 Å². The van der Waals surface area contributed by atoms with Gasteiger partial charge in [0.15, 0.2) is 0 Å². The van der Waals surface area contributed by atoms with E-state index in [1.54, 1.807) is 0 Å². The Morgan fingerprint density at radius 2 is 1.96 bits per heavy atom. The predicted molar refractivity (Wildman–Crippen MR) is 110 cm³/mol. The van der Waals surface area contributed by atoms with Gasteiger partial charge in [-0.1, -0.05) is 43.2 Å². The summed E-state index contributed by atoms with van der Waals surface area (Å²) in [6.45, 7) is 3.24. The first-order chi connectivity index (χ1) is 13.3. The zero-order valence-electron chi connectivity index (χ0n) is 15.7. The van der Waals surface area contributed by atoms with Crippen molar-refractivity contribution in [3.05, 3.63) is 53.6 Å². The molecule has 0 radical (unpaired) electrons. The number of hydrogen-bond donors (Lipinski definition) is 2. The van der Waals surface area contributed by atoms with Crippen molar-refractivity contribution in [1.82, 2.24) is 4.98 Å². The summed E-state index contributed by atoms with van der Waals surface area (Å²) >= 11 is 0. The van der Waals surface area contributed by atoms with Crippen LogP contribution in [0.1, 0.15) is 43.7 Å². The summed E-state index contributed by atoms with van der Waals surface area (Å²) in [4.78, 5) is 3.53. The second-order valence-electron chi connectivity index (χ2n) is 7.18. The van der Waals surface area contributed by atoms with Crippen LogP contribution in [0.5, 0.6) is 0 Å². The summed E-state index contributed by atoms with van der Waals surface area (Å²) in [6, 6.07) is 17.3. The molecule has 1 aliphatic rings. The van der Waals surface area contributed by atoms with E-state index in [4.69, 9.17) is 4.74 Å². The van der Waals surface area contributed by atoms with Crippen molar-refractivity contribution in [3.8, 4) is 17.3 Å². The molecule has 2 N–H and O–H groups in total. The first-order valence-electron chi connectivity index (χ1n) is 9.78. The summed E-state index contributed by atoms with van der Waals surface area (Å²) in [6.07, 6.45) is 4.97. The number of nitrogens with zero attached hydrogens (tertiary/aromatic N) is 1. The standard InChI is InChI=1S/C23H25N3O/c1-2-27-15-16-12-19-20(14-24)22(17-8-4-3-5-9-17)26-23(19)21(13-16)25-18-10-6-7-11-18/h3-5,8-9,12-13,18,25-26H,2,6-7,10-11,15H2,1H3. The minimum Gasteiger partial charge on any atom is -0.381 e. The Kier molecular flexibility index (Phi) is 5.13. The number of ether oxygens (including phenoxy) is 1. The van der Waals surface area contributed by atoms with Crippen LogP contribution in [0.3, 0.4) is 0 Å². The number of rotatable bonds is 6. The predicted octanol–water partition coefficient (Wildman–Crippen LogP) is 5.60. The molecule has 1 heterocycles. The van der Waals surface area contributed by atoms with E-state index in [-0.39, 0.29) is 0 Å². The fourth-order valence-electron chi connectivity index (χ4n) is 4.00. The van der Waals surface area contributed by atoms with Gasteiger partial charge < -0.3 is 15.0 Å². The maximum atomic E-state index is 9.89. The first-order valence-corrected chi connectivity index (χ1v) is 9.78. The SMILES string of the molecule is CCOCc1cc(NC2CCCC2)c2[nH]c(-c3ccccc3)c(C#N)c2c1. The molecule has 0 unspecified atom stereocenters. The smallest absolute Gasteiger partial charge is 0.102 e. The van der Waals surface area contributed by atoms with Crippen molar-refractivity contribution >= 4 is 16.6 Å². The Balaban J connectivity index is 1.86. The van der Waals surface area contributed by atoms with E-state index in [9.17, 15) is 5.26 Å². The molecule has 4 heteroatoms. The Morgan fingerprint density at radius 1 is 1.19 bits per heavy atom. The van der Waals surface area contributed by atoms with Crippen LogP contribution in [0.25, 0.3) is 22.2 Å². The van der Waals surface area contributed by atoms with Gasteiger partial charge >= 0.3 is 0 Å². The van der Waals surface area contributed by atoms with E-state index >= 15 is 0 Å². The third kappa shape index (κ3) is 3.56. The molecule has 2 aromatic carbocycles. The van der Waals surface area contributed by atoms with E-state index in [1.807, 2.05) is 37.3 Å². The van der Waals surface area contributed by atoms with Crippen LogP contribution in [0.2, 0.25) is 0 Å². The van der Waals surface area contributed by atoms with Gasteiger partial charge in [-0.25, -0.2) is 0 Å². The van der Waals surface area contributed by atoms with Gasteiger partial charge in [-0.15, -0.1) is 0 Å². The monoisotopic (exact) mass is 359 g/mol. The average Bonchev–Trinajstić information content (AvgIpc) is 3.34. The van der Waals surface area contributed by atoms with E-state index in [1.165, 1.54) is 25.7 Å². The number of nitrogens with one attached hydrogen (secondary N) is 2. The van der Waals surface area contributed by atoms with E-state index in [2.05, 4.69) is 28.5 Å². The highest BCUT2D eigenvalue weighted by Crippen LogP contribution is 2.36. The summed E-state index contributed by atoms with van der Waals surface area (Å²) in [5.74, 6) is 0. The normalized spacial score (nSPS) is 14.5. The van der Waals surface area contributed by atoms with E-state index in [0.717, 1.165) is 33.4 Å². The molecule has 1 aliphatic carbocycles. The molecule has 3 aromatic rings.